The van der Waals surface area contributed by atoms with E-state index in [9.17, 15) is 4.79 Å². The van der Waals surface area contributed by atoms with E-state index in [0.29, 0.717) is 17.4 Å². The summed E-state index contributed by atoms with van der Waals surface area (Å²) in [6.45, 7) is 11.2. The van der Waals surface area contributed by atoms with E-state index in [-0.39, 0.29) is 5.91 Å². The first kappa shape index (κ1) is 17.9. The van der Waals surface area contributed by atoms with Gasteiger partial charge in [-0.25, -0.2) is 9.97 Å². The maximum Gasteiger partial charge on any atom is 0.274 e. The first-order valence-corrected chi connectivity index (χ1v) is 8.32. The van der Waals surface area contributed by atoms with Gasteiger partial charge in [0.2, 0.25) is 0 Å². The number of nitrogens with zero attached hydrogens (tertiary/aromatic N) is 2. The number of hydrogen-bond donors (Lipinski definition) is 2. The van der Waals surface area contributed by atoms with Crippen molar-refractivity contribution in [2.75, 3.05) is 17.2 Å². The molecule has 1 aromatic heterocycles. The molecule has 5 heteroatoms. The predicted octanol–water partition coefficient (Wildman–Crippen LogP) is 4.11. The van der Waals surface area contributed by atoms with Crippen LogP contribution in [-0.4, -0.2) is 22.4 Å². The van der Waals surface area contributed by atoms with Gasteiger partial charge >= 0.3 is 0 Å². The number of carbonyl (C=O) groups is 1. The molecule has 1 heterocycles. The highest BCUT2D eigenvalue weighted by molar-refractivity contribution is 6.04. The van der Waals surface area contributed by atoms with Gasteiger partial charge in [0.25, 0.3) is 5.91 Å². The van der Waals surface area contributed by atoms with Gasteiger partial charge in [-0.3, -0.25) is 4.79 Å². The Labute approximate surface area is 143 Å². The molecule has 0 aliphatic rings. The topological polar surface area (TPSA) is 66.9 Å². The smallest absolute Gasteiger partial charge is 0.274 e. The van der Waals surface area contributed by atoms with Gasteiger partial charge in [0.05, 0.1) is 0 Å². The lowest BCUT2D eigenvalue weighted by Crippen LogP contribution is -2.16. The number of amides is 1. The third-order valence-corrected chi connectivity index (χ3v) is 3.84. The van der Waals surface area contributed by atoms with Crippen molar-refractivity contribution in [2.45, 2.75) is 41.0 Å². The van der Waals surface area contributed by atoms with Gasteiger partial charge in [-0.05, 0) is 44.2 Å². The van der Waals surface area contributed by atoms with Crippen molar-refractivity contribution in [3.8, 4) is 0 Å². The van der Waals surface area contributed by atoms with E-state index < -0.39 is 0 Å². The minimum atomic E-state index is -0.223. The Bertz CT molecular complexity index is 702. The Morgan fingerprint density at radius 3 is 2.38 bits per heavy atom. The number of carbonyl (C=O) groups excluding carboxylic acids is 1. The van der Waals surface area contributed by atoms with Gasteiger partial charge in [-0.1, -0.05) is 31.5 Å². The monoisotopic (exact) mass is 326 g/mol. The van der Waals surface area contributed by atoms with Crippen LogP contribution in [0, 0.1) is 26.7 Å². The molecule has 2 N–H and O–H groups in total. The number of rotatable bonds is 6. The van der Waals surface area contributed by atoms with Gasteiger partial charge in [0.15, 0.2) is 0 Å². The summed E-state index contributed by atoms with van der Waals surface area (Å²) in [5, 5.41) is 6.20. The molecule has 0 spiro atoms. The van der Waals surface area contributed by atoms with Crippen molar-refractivity contribution < 1.29 is 4.79 Å². The molecular formula is C19H26N4O. The molecule has 1 aromatic carbocycles. The SMILES string of the molecule is Cc1cc(C)c(NC(=O)c2cc(NCCC(C)C)ncn2)c(C)c1. The van der Waals surface area contributed by atoms with Crippen LogP contribution in [0.2, 0.25) is 0 Å². The van der Waals surface area contributed by atoms with Crippen molar-refractivity contribution in [3.05, 3.63) is 46.9 Å². The number of anilines is 2. The minimum Gasteiger partial charge on any atom is -0.370 e. The van der Waals surface area contributed by atoms with Crippen LogP contribution in [0.3, 0.4) is 0 Å². The first-order chi connectivity index (χ1) is 11.4. The van der Waals surface area contributed by atoms with Gasteiger partial charge in [0, 0.05) is 18.3 Å². The van der Waals surface area contributed by atoms with Crippen LogP contribution in [0.15, 0.2) is 24.5 Å². The quantitative estimate of drug-likeness (QED) is 0.838. The lowest BCUT2D eigenvalue weighted by Gasteiger charge is -2.13. The van der Waals surface area contributed by atoms with E-state index >= 15 is 0 Å². The second-order valence-electron chi connectivity index (χ2n) is 6.63. The lowest BCUT2D eigenvalue weighted by molar-refractivity contribution is 0.102. The molecule has 0 atom stereocenters. The molecule has 128 valence electrons. The number of aryl methyl sites for hydroxylation is 3. The summed E-state index contributed by atoms with van der Waals surface area (Å²) in [4.78, 5) is 20.8. The minimum absolute atomic E-state index is 0.223. The summed E-state index contributed by atoms with van der Waals surface area (Å²) in [6.07, 6.45) is 2.47. The second-order valence-corrected chi connectivity index (χ2v) is 6.63. The van der Waals surface area contributed by atoms with E-state index in [1.165, 1.54) is 11.9 Å². The molecule has 24 heavy (non-hydrogen) atoms. The van der Waals surface area contributed by atoms with Crippen LogP contribution in [0.4, 0.5) is 11.5 Å². The summed E-state index contributed by atoms with van der Waals surface area (Å²) < 4.78 is 0. The fourth-order valence-corrected chi connectivity index (χ4v) is 2.62. The molecular weight excluding hydrogens is 300 g/mol. The maximum atomic E-state index is 12.5. The van der Waals surface area contributed by atoms with Crippen molar-refractivity contribution >= 4 is 17.4 Å². The van der Waals surface area contributed by atoms with Crippen molar-refractivity contribution in [1.29, 1.82) is 0 Å². The summed E-state index contributed by atoms with van der Waals surface area (Å²) in [7, 11) is 0. The largest absolute Gasteiger partial charge is 0.370 e. The highest BCUT2D eigenvalue weighted by Crippen LogP contribution is 2.22. The second kappa shape index (κ2) is 7.90. The predicted molar refractivity (Wildman–Crippen MR) is 98.6 cm³/mol. The molecule has 0 saturated carbocycles. The normalized spacial score (nSPS) is 10.8. The average Bonchev–Trinajstić information content (AvgIpc) is 2.50. The van der Waals surface area contributed by atoms with E-state index in [0.717, 1.165) is 29.8 Å². The summed E-state index contributed by atoms with van der Waals surface area (Å²) >= 11 is 0. The van der Waals surface area contributed by atoms with Crippen LogP contribution in [-0.2, 0) is 0 Å². The third kappa shape index (κ3) is 4.78. The van der Waals surface area contributed by atoms with Crippen molar-refractivity contribution in [3.63, 3.8) is 0 Å². The Balaban J connectivity index is 2.10. The summed E-state index contributed by atoms with van der Waals surface area (Å²) in [5.41, 5.74) is 4.48. The van der Waals surface area contributed by atoms with E-state index in [1.807, 2.05) is 20.8 Å². The van der Waals surface area contributed by atoms with Crippen LogP contribution in [0.5, 0.6) is 0 Å². The standard InChI is InChI=1S/C19H26N4O/c1-12(2)6-7-20-17-10-16(21-11-22-17)19(24)23-18-14(4)8-13(3)9-15(18)5/h8-12H,6-7H2,1-5H3,(H,23,24)(H,20,21,22). The van der Waals surface area contributed by atoms with Crippen molar-refractivity contribution in [2.24, 2.45) is 5.92 Å². The van der Waals surface area contributed by atoms with E-state index in [1.54, 1.807) is 6.07 Å². The zero-order chi connectivity index (χ0) is 17.7. The lowest BCUT2D eigenvalue weighted by atomic mass is 10.0. The molecule has 0 fully saturated rings. The van der Waals surface area contributed by atoms with E-state index in [2.05, 4.69) is 46.6 Å². The molecule has 1 amide bonds. The fourth-order valence-electron chi connectivity index (χ4n) is 2.62. The van der Waals surface area contributed by atoms with Gasteiger partial charge in [-0.15, -0.1) is 0 Å². The molecule has 0 bridgehead atoms. The molecule has 2 aromatic rings. The third-order valence-electron chi connectivity index (χ3n) is 3.84. The number of nitrogens with one attached hydrogen (secondary N) is 2. The molecule has 5 nitrogen and oxygen atoms in total. The highest BCUT2D eigenvalue weighted by Gasteiger charge is 2.12. The molecule has 0 aliphatic carbocycles. The summed E-state index contributed by atoms with van der Waals surface area (Å²) in [6, 6.07) is 5.80. The van der Waals surface area contributed by atoms with Crippen LogP contribution in [0.1, 0.15) is 47.4 Å². The van der Waals surface area contributed by atoms with Crippen LogP contribution in [0.25, 0.3) is 0 Å². The Morgan fingerprint density at radius 1 is 1.08 bits per heavy atom. The molecule has 0 saturated heterocycles. The van der Waals surface area contributed by atoms with Gasteiger partial charge in [0.1, 0.15) is 17.8 Å². The zero-order valence-electron chi connectivity index (χ0n) is 15.1. The molecule has 0 unspecified atom stereocenters. The number of benzene rings is 1. The van der Waals surface area contributed by atoms with Crippen LogP contribution >= 0.6 is 0 Å². The molecule has 2 rings (SSSR count). The Hall–Kier alpha value is -2.43. The Morgan fingerprint density at radius 2 is 1.75 bits per heavy atom. The zero-order valence-corrected chi connectivity index (χ0v) is 15.1. The van der Waals surface area contributed by atoms with E-state index in [4.69, 9.17) is 0 Å². The van der Waals surface area contributed by atoms with Gasteiger partial charge < -0.3 is 10.6 Å². The fraction of sp³-hybridized carbons (Fsp3) is 0.421. The van der Waals surface area contributed by atoms with Gasteiger partial charge in [-0.2, -0.15) is 0 Å². The summed E-state index contributed by atoms with van der Waals surface area (Å²) in [5.74, 6) is 1.07. The Kier molecular flexibility index (Phi) is 5.90. The maximum absolute atomic E-state index is 12.5. The average molecular weight is 326 g/mol. The molecule has 0 aliphatic heterocycles. The molecule has 0 radical (unpaired) electrons. The first-order valence-electron chi connectivity index (χ1n) is 8.32. The highest BCUT2D eigenvalue weighted by atomic mass is 16.1. The number of aromatic nitrogens is 2. The van der Waals surface area contributed by atoms with Crippen LogP contribution < -0.4 is 10.6 Å². The number of hydrogen-bond acceptors (Lipinski definition) is 4. The van der Waals surface area contributed by atoms with Crippen molar-refractivity contribution in [1.82, 2.24) is 9.97 Å².